The topological polar surface area (TPSA) is 68.1 Å². The highest BCUT2D eigenvalue weighted by atomic mass is 79.9. The van der Waals surface area contributed by atoms with Crippen molar-refractivity contribution in [2.24, 2.45) is 0 Å². The van der Waals surface area contributed by atoms with E-state index < -0.39 is 4.92 Å². The van der Waals surface area contributed by atoms with Gasteiger partial charge in [0.15, 0.2) is 0 Å². The van der Waals surface area contributed by atoms with Crippen LogP contribution in [-0.4, -0.2) is 9.91 Å². The zero-order chi connectivity index (χ0) is 13.8. The smallest absolute Gasteiger partial charge is 0.293 e. The number of hydrogen-bond donors (Lipinski definition) is 1. The Labute approximate surface area is 126 Å². The van der Waals surface area contributed by atoms with Gasteiger partial charge in [-0.3, -0.25) is 15.1 Å². The summed E-state index contributed by atoms with van der Waals surface area (Å²) >= 11 is 6.55. The molecule has 0 unspecified atom stereocenters. The van der Waals surface area contributed by atoms with Gasteiger partial charge in [0.1, 0.15) is 5.69 Å². The number of nitro groups is 1. The molecule has 5 nitrogen and oxygen atoms in total. The Bertz CT molecular complexity index is 620. The van der Waals surface area contributed by atoms with E-state index >= 15 is 0 Å². The molecule has 98 valence electrons. The Morgan fingerprint density at radius 3 is 2.68 bits per heavy atom. The molecular weight excluding hydrogens is 378 g/mol. The van der Waals surface area contributed by atoms with Crippen LogP contribution in [0.1, 0.15) is 5.56 Å². The molecule has 1 aromatic carbocycles. The number of aromatic nitrogens is 1. The molecule has 7 heteroatoms. The first kappa shape index (κ1) is 14.0. The van der Waals surface area contributed by atoms with Crippen LogP contribution in [-0.2, 0) is 6.54 Å². The fraction of sp³-hybridized carbons (Fsp3) is 0.0833. The number of rotatable bonds is 4. The van der Waals surface area contributed by atoms with Gasteiger partial charge in [-0.15, -0.1) is 0 Å². The van der Waals surface area contributed by atoms with Crippen molar-refractivity contribution in [2.75, 3.05) is 5.32 Å². The lowest BCUT2D eigenvalue weighted by Gasteiger charge is -2.07. The molecule has 0 radical (unpaired) electrons. The summed E-state index contributed by atoms with van der Waals surface area (Å²) in [6.45, 7) is 0.467. The lowest BCUT2D eigenvalue weighted by Crippen LogP contribution is -2.03. The number of nitro benzene ring substituents is 1. The van der Waals surface area contributed by atoms with Crippen molar-refractivity contribution in [1.82, 2.24) is 4.98 Å². The van der Waals surface area contributed by atoms with Gasteiger partial charge in [-0.2, -0.15) is 0 Å². The van der Waals surface area contributed by atoms with Crippen LogP contribution >= 0.6 is 31.9 Å². The summed E-state index contributed by atoms with van der Waals surface area (Å²) in [5.41, 5.74) is 1.46. The van der Waals surface area contributed by atoms with Gasteiger partial charge >= 0.3 is 0 Å². The van der Waals surface area contributed by atoms with Crippen LogP contribution < -0.4 is 5.32 Å². The van der Waals surface area contributed by atoms with Crippen LogP contribution in [0.25, 0.3) is 0 Å². The molecule has 0 aliphatic heterocycles. The van der Waals surface area contributed by atoms with E-state index in [1.807, 2.05) is 6.07 Å². The van der Waals surface area contributed by atoms with Crippen molar-refractivity contribution < 1.29 is 4.92 Å². The number of hydrogen-bond acceptors (Lipinski definition) is 4. The molecule has 0 fully saturated rings. The van der Waals surface area contributed by atoms with Gasteiger partial charge in [0, 0.05) is 34.0 Å². The summed E-state index contributed by atoms with van der Waals surface area (Å²) in [6.07, 6.45) is 3.40. The second kappa shape index (κ2) is 6.12. The third-order valence-corrected chi connectivity index (χ3v) is 3.33. The number of benzene rings is 1. The van der Waals surface area contributed by atoms with Gasteiger partial charge in [-0.1, -0.05) is 15.9 Å². The zero-order valence-electron chi connectivity index (χ0n) is 9.64. The van der Waals surface area contributed by atoms with Crippen molar-refractivity contribution in [3.05, 3.63) is 61.3 Å². The van der Waals surface area contributed by atoms with Crippen LogP contribution in [0.15, 0.2) is 45.6 Å². The summed E-state index contributed by atoms with van der Waals surface area (Å²) in [5.74, 6) is 0. The Morgan fingerprint density at radius 2 is 2.00 bits per heavy atom. The molecule has 2 aromatic rings. The monoisotopic (exact) mass is 385 g/mol. The molecule has 0 saturated heterocycles. The first-order valence-corrected chi connectivity index (χ1v) is 6.92. The van der Waals surface area contributed by atoms with Crippen molar-refractivity contribution >= 4 is 43.2 Å². The Hall–Kier alpha value is -1.47. The fourth-order valence-corrected chi connectivity index (χ4v) is 2.32. The van der Waals surface area contributed by atoms with Gasteiger partial charge in [0.2, 0.25) is 0 Å². The number of nitrogens with zero attached hydrogens (tertiary/aromatic N) is 2. The summed E-state index contributed by atoms with van der Waals surface area (Å²) < 4.78 is 1.55. The SMILES string of the molecule is O=[N+]([O-])c1cc(Br)ccc1NCc1cncc(Br)c1. The summed E-state index contributed by atoms with van der Waals surface area (Å²) in [5, 5.41) is 14.0. The molecule has 0 bridgehead atoms. The molecule has 0 aliphatic carbocycles. The van der Waals surface area contributed by atoms with Gasteiger partial charge in [0.05, 0.1) is 4.92 Å². The van der Waals surface area contributed by atoms with Crippen LogP contribution in [0.5, 0.6) is 0 Å². The molecule has 1 heterocycles. The van der Waals surface area contributed by atoms with Crippen LogP contribution in [0, 0.1) is 10.1 Å². The highest BCUT2D eigenvalue weighted by Gasteiger charge is 2.13. The maximum Gasteiger partial charge on any atom is 0.293 e. The predicted molar refractivity (Wildman–Crippen MR) is 80.1 cm³/mol. The molecular formula is C12H9Br2N3O2. The van der Waals surface area contributed by atoms with Crippen LogP contribution in [0.3, 0.4) is 0 Å². The molecule has 0 atom stereocenters. The quantitative estimate of drug-likeness (QED) is 0.633. The molecule has 1 N–H and O–H groups in total. The molecule has 19 heavy (non-hydrogen) atoms. The Balaban J connectivity index is 2.17. The van der Waals surface area contributed by atoms with Crippen molar-refractivity contribution in [3.63, 3.8) is 0 Å². The second-order valence-corrected chi connectivity index (χ2v) is 5.61. The minimum absolute atomic E-state index is 0.0392. The minimum Gasteiger partial charge on any atom is -0.375 e. The summed E-state index contributed by atoms with van der Waals surface area (Å²) in [6, 6.07) is 6.81. The first-order valence-electron chi connectivity index (χ1n) is 5.33. The zero-order valence-corrected chi connectivity index (χ0v) is 12.8. The molecule has 2 rings (SSSR count). The van der Waals surface area contributed by atoms with Crippen molar-refractivity contribution in [3.8, 4) is 0 Å². The van der Waals surface area contributed by atoms with E-state index in [-0.39, 0.29) is 5.69 Å². The van der Waals surface area contributed by atoms with Gasteiger partial charge in [0.25, 0.3) is 5.69 Å². The molecule has 0 saturated carbocycles. The lowest BCUT2D eigenvalue weighted by molar-refractivity contribution is -0.384. The van der Waals surface area contributed by atoms with Crippen molar-refractivity contribution in [1.29, 1.82) is 0 Å². The molecule has 1 aromatic heterocycles. The maximum absolute atomic E-state index is 11.0. The lowest BCUT2D eigenvalue weighted by atomic mass is 10.2. The summed E-state index contributed by atoms with van der Waals surface area (Å²) in [7, 11) is 0. The largest absolute Gasteiger partial charge is 0.375 e. The van der Waals surface area contributed by atoms with E-state index in [0.29, 0.717) is 16.7 Å². The first-order chi connectivity index (χ1) is 9.06. The summed E-state index contributed by atoms with van der Waals surface area (Å²) in [4.78, 5) is 14.6. The van der Waals surface area contributed by atoms with E-state index in [1.54, 1.807) is 24.5 Å². The highest BCUT2D eigenvalue weighted by Crippen LogP contribution is 2.28. The van der Waals surface area contributed by atoms with E-state index in [0.717, 1.165) is 10.0 Å². The van der Waals surface area contributed by atoms with E-state index in [9.17, 15) is 10.1 Å². The van der Waals surface area contributed by atoms with Gasteiger partial charge < -0.3 is 5.32 Å². The van der Waals surface area contributed by atoms with E-state index in [4.69, 9.17) is 0 Å². The van der Waals surface area contributed by atoms with E-state index in [1.165, 1.54) is 6.07 Å². The number of halogens is 2. The van der Waals surface area contributed by atoms with E-state index in [2.05, 4.69) is 42.2 Å². The van der Waals surface area contributed by atoms with Gasteiger partial charge in [-0.25, -0.2) is 0 Å². The number of nitrogens with one attached hydrogen (secondary N) is 1. The molecule has 0 amide bonds. The maximum atomic E-state index is 11.0. The number of anilines is 1. The second-order valence-electron chi connectivity index (χ2n) is 3.78. The Kier molecular flexibility index (Phi) is 4.49. The molecule has 0 aliphatic rings. The minimum atomic E-state index is -0.410. The fourth-order valence-electron chi connectivity index (χ4n) is 1.56. The van der Waals surface area contributed by atoms with Crippen LogP contribution in [0.2, 0.25) is 0 Å². The number of pyridine rings is 1. The average molecular weight is 387 g/mol. The predicted octanol–water partition coefficient (Wildman–Crippen LogP) is 4.13. The third kappa shape index (κ3) is 3.74. The van der Waals surface area contributed by atoms with Gasteiger partial charge in [-0.05, 0) is 39.7 Å². The average Bonchev–Trinajstić information content (AvgIpc) is 2.37. The normalized spacial score (nSPS) is 10.2. The Morgan fingerprint density at radius 1 is 1.21 bits per heavy atom. The third-order valence-electron chi connectivity index (χ3n) is 2.40. The molecule has 0 spiro atoms. The highest BCUT2D eigenvalue weighted by molar-refractivity contribution is 9.10. The standard InChI is InChI=1S/C12H9Br2N3O2/c13-9-1-2-11(12(4-9)17(18)19)16-6-8-3-10(14)7-15-5-8/h1-5,7,16H,6H2. The van der Waals surface area contributed by atoms with Crippen LogP contribution in [0.4, 0.5) is 11.4 Å². The van der Waals surface area contributed by atoms with Crippen molar-refractivity contribution in [2.45, 2.75) is 6.54 Å².